The first-order valence-corrected chi connectivity index (χ1v) is 7.78. The molecule has 0 N–H and O–H groups in total. The minimum atomic E-state index is -4.34. The van der Waals surface area contributed by atoms with Gasteiger partial charge in [0.1, 0.15) is 0 Å². The Morgan fingerprint density at radius 2 is 1.54 bits per heavy atom. The van der Waals surface area contributed by atoms with E-state index < -0.39 is 11.7 Å². The van der Waals surface area contributed by atoms with E-state index in [0.29, 0.717) is 22.8 Å². The minimum Gasteiger partial charge on any atom is -0.493 e. The van der Waals surface area contributed by atoms with Gasteiger partial charge in [0.25, 0.3) is 0 Å². The van der Waals surface area contributed by atoms with Crippen molar-refractivity contribution in [2.24, 2.45) is 0 Å². The van der Waals surface area contributed by atoms with Gasteiger partial charge >= 0.3 is 6.18 Å². The summed E-state index contributed by atoms with van der Waals surface area (Å²) >= 11 is 0. The average Bonchev–Trinajstić information content (AvgIpc) is 2.64. The van der Waals surface area contributed by atoms with Crippen LogP contribution in [-0.2, 0) is 6.18 Å². The number of hydrogen-bond donors (Lipinski definition) is 0. The number of alkyl halides is 3. The molecule has 0 saturated carbocycles. The molecule has 0 aliphatic rings. The van der Waals surface area contributed by atoms with Gasteiger partial charge in [-0.05, 0) is 47.4 Å². The van der Waals surface area contributed by atoms with Crippen molar-refractivity contribution >= 4 is 22.9 Å². The second-order valence-corrected chi connectivity index (χ2v) is 5.58. The predicted molar refractivity (Wildman–Crippen MR) is 95.2 cm³/mol. The van der Waals surface area contributed by atoms with Crippen molar-refractivity contribution in [3.63, 3.8) is 0 Å². The van der Waals surface area contributed by atoms with Gasteiger partial charge in [-0.2, -0.15) is 13.2 Å². The van der Waals surface area contributed by atoms with Gasteiger partial charge in [-0.1, -0.05) is 18.2 Å². The molecule has 134 valence electrons. The van der Waals surface area contributed by atoms with Crippen LogP contribution in [0, 0.1) is 0 Å². The number of nitrogens with zero attached hydrogens (tertiary/aromatic N) is 1. The Morgan fingerprint density at radius 3 is 2.15 bits per heavy atom. The lowest BCUT2D eigenvalue weighted by Gasteiger charge is -2.10. The summed E-state index contributed by atoms with van der Waals surface area (Å²) in [5, 5.41) is 1.78. The van der Waals surface area contributed by atoms with Crippen LogP contribution < -0.4 is 9.47 Å². The average molecular weight is 359 g/mol. The molecule has 3 aromatic rings. The normalized spacial score (nSPS) is 11.9. The molecule has 0 radical (unpaired) electrons. The maximum Gasteiger partial charge on any atom is 0.416 e. The molecule has 0 amide bonds. The Kier molecular flexibility index (Phi) is 4.84. The Morgan fingerprint density at radius 1 is 0.885 bits per heavy atom. The third-order valence-corrected chi connectivity index (χ3v) is 3.97. The van der Waals surface area contributed by atoms with Crippen LogP contribution >= 0.6 is 0 Å². The van der Waals surface area contributed by atoms with Crippen molar-refractivity contribution in [2.75, 3.05) is 14.2 Å². The van der Waals surface area contributed by atoms with Gasteiger partial charge in [0.05, 0.1) is 25.5 Å². The monoisotopic (exact) mass is 359 g/mol. The van der Waals surface area contributed by atoms with Gasteiger partial charge in [0, 0.05) is 11.6 Å². The van der Waals surface area contributed by atoms with Gasteiger partial charge in [-0.25, -0.2) is 0 Å². The summed E-state index contributed by atoms with van der Waals surface area (Å²) in [4.78, 5) is 4.35. The Labute approximate surface area is 148 Å². The molecule has 0 atom stereocenters. The summed E-state index contributed by atoms with van der Waals surface area (Å²) < 4.78 is 48.5. The van der Waals surface area contributed by atoms with Crippen LogP contribution in [0.3, 0.4) is 0 Å². The van der Waals surface area contributed by atoms with Crippen molar-refractivity contribution < 1.29 is 22.6 Å². The maximum atomic E-state index is 12.6. The second kappa shape index (κ2) is 7.07. The van der Waals surface area contributed by atoms with Crippen molar-refractivity contribution in [3.05, 3.63) is 65.5 Å². The number of benzene rings is 2. The summed E-state index contributed by atoms with van der Waals surface area (Å²) in [6.07, 6.45) is 0.811. The lowest BCUT2D eigenvalue weighted by Crippen LogP contribution is -2.03. The molecule has 0 unspecified atom stereocenters. The predicted octanol–water partition coefficient (Wildman–Crippen LogP) is 5.44. The fraction of sp³-hybridized carbons (Fsp3) is 0.150. The lowest BCUT2D eigenvalue weighted by molar-refractivity contribution is -0.137. The smallest absolute Gasteiger partial charge is 0.416 e. The van der Waals surface area contributed by atoms with E-state index in [-0.39, 0.29) is 0 Å². The number of fused-ring (bicyclic) bond motifs is 1. The molecule has 3 rings (SSSR count). The number of halogens is 3. The lowest BCUT2D eigenvalue weighted by atomic mass is 10.1. The molecule has 1 heterocycles. The Balaban J connectivity index is 1.96. The Hall–Kier alpha value is -3.02. The molecule has 6 heteroatoms. The molecule has 0 fully saturated rings. The van der Waals surface area contributed by atoms with Crippen LogP contribution in [0.1, 0.15) is 16.8 Å². The number of aromatic nitrogens is 1. The zero-order valence-corrected chi connectivity index (χ0v) is 14.2. The van der Waals surface area contributed by atoms with Crippen molar-refractivity contribution in [2.45, 2.75) is 6.18 Å². The summed E-state index contributed by atoms with van der Waals surface area (Å²) in [6, 6.07) is 10.5. The number of methoxy groups -OCH3 is 2. The first-order valence-electron chi connectivity index (χ1n) is 7.78. The highest BCUT2D eigenvalue weighted by Crippen LogP contribution is 2.33. The van der Waals surface area contributed by atoms with E-state index in [4.69, 9.17) is 9.47 Å². The van der Waals surface area contributed by atoms with Crippen LogP contribution in [-0.4, -0.2) is 19.2 Å². The number of pyridine rings is 1. The van der Waals surface area contributed by atoms with Gasteiger partial charge in [0.15, 0.2) is 11.5 Å². The van der Waals surface area contributed by atoms with Crippen molar-refractivity contribution in [1.82, 2.24) is 4.98 Å². The Bertz CT molecular complexity index is 948. The highest BCUT2D eigenvalue weighted by atomic mass is 19.4. The van der Waals surface area contributed by atoms with Gasteiger partial charge in [-0.15, -0.1) is 0 Å². The molecule has 2 aromatic carbocycles. The van der Waals surface area contributed by atoms with Crippen molar-refractivity contribution in [1.29, 1.82) is 0 Å². The quantitative estimate of drug-likeness (QED) is 0.621. The van der Waals surface area contributed by atoms with E-state index >= 15 is 0 Å². The first kappa shape index (κ1) is 17.8. The van der Waals surface area contributed by atoms with Crippen LogP contribution in [0.25, 0.3) is 22.9 Å². The molecule has 1 aromatic heterocycles. The van der Waals surface area contributed by atoms with E-state index in [9.17, 15) is 13.2 Å². The third kappa shape index (κ3) is 3.64. The van der Waals surface area contributed by atoms with E-state index in [2.05, 4.69) is 4.98 Å². The second-order valence-electron chi connectivity index (χ2n) is 5.58. The van der Waals surface area contributed by atoms with Crippen LogP contribution in [0.4, 0.5) is 13.2 Å². The number of ether oxygens (including phenoxy) is 2. The molecule has 0 aliphatic carbocycles. The molecule has 3 nitrogen and oxygen atoms in total. The molecule has 0 saturated heterocycles. The van der Waals surface area contributed by atoms with Crippen LogP contribution in [0.5, 0.6) is 11.5 Å². The topological polar surface area (TPSA) is 31.4 Å². The van der Waals surface area contributed by atoms with Gasteiger partial charge in [0.2, 0.25) is 0 Å². The third-order valence-electron chi connectivity index (χ3n) is 3.97. The van der Waals surface area contributed by atoms with Gasteiger partial charge in [-0.3, -0.25) is 4.98 Å². The fourth-order valence-corrected chi connectivity index (χ4v) is 2.61. The first-order chi connectivity index (χ1) is 12.4. The molecular weight excluding hydrogens is 343 g/mol. The summed E-state index contributed by atoms with van der Waals surface area (Å²) in [5.74, 6) is 1.20. The minimum absolute atomic E-state index is 0.581. The summed E-state index contributed by atoms with van der Waals surface area (Å²) in [7, 11) is 3.12. The van der Waals surface area contributed by atoms with Crippen LogP contribution in [0.2, 0.25) is 0 Å². The highest BCUT2D eigenvalue weighted by Gasteiger charge is 2.29. The summed E-state index contributed by atoms with van der Waals surface area (Å²) in [6.45, 7) is 0. The molecule has 26 heavy (non-hydrogen) atoms. The zero-order valence-electron chi connectivity index (χ0n) is 14.2. The fourth-order valence-electron chi connectivity index (χ4n) is 2.61. The van der Waals surface area contributed by atoms with Crippen molar-refractivity contribution in [3.8, 4) is 11.5 Å². The maximum absolute atomic E-state index is 12.6. The van der Waals surface area contributed by atoms with Gasteiger partial charge < -0.3 is 9.47 Å². The number of hydrogen-bond acceptors (Lipinski definition) is 3. The summed E-state index contributed by atoms with van der Waals surface area (Å²) in [5.41, 5.74) is 0.662. The molecular formula is C20H16F3NO2. The standard InChI is InChI=1S/C20H16F3NO2/c1-25-18-11-14-9-10-24-17(16(14)12-19(18)26-2)8-5-13-3-6-15(7-4-13)20(21,22)23/h3-12H,1-2H3/b8-5+. The zero-order chi connectivity index (χ0) is 18.7. The highest BCUT2D eigenvalue weighted by molar-refractivity contribution is 5.93. The molecule has 0 bridgehead atoms. The van der Waals surface area contributed by atoms with E-state index in [1.54, 1.807) is 32.6 Å². The van der Waals surface area contributed by atoms with E-state index in [1.807, 2.05) is 18.2 Å². The molecule has 0 spiro atoms. The van der Waals surface area contributed by atoms with Crippen LogP contribution in [0.15, 0.2) is 48.7 Å². The van der Waals surface area contributed by atoms with E-state index in [1.165, 1.54) is 12.1 Å². The SMILES string of the molecule is COc1cc2ccnc(/C=C/c3ccc(C(F)(F)F)cc3)c2cc1OC. The molecule has 0 aliphatic heterocycles. The van der Waals surface area contributed by atoms with E-state index in [0.717, 1.165) is 22.9 Å². The largest absolute Gasteiger partial charge is 0.493 e. The number of rotatable bonds is 4.